The fraction of sp³-hybridized carbons (Fsp3) is 0.655. The number of likely N-dealkylation sites (tertiary alicyclic amines) is 1. The lowest BCUT2D eigenvalue weighted by Crippen LogP contribution is -2.42. The minimum atomic E-state index is -0.350. The van der Waals surface area contributed by atoms with Crippen LogP contribution in [0.3, 0.4) is 0 Å². The van der Waals surface area contributed by atoms with Crippen LogP contribution in [0.25, 0.3) is 11.0 Å². The van der Waals surface area contributed by atoms with Gasteiger partial charge in [-0.05, 0) is 82.8 Å². The summed E-state index contributed by atoms with van der Waals surface area (Å²) in [4.78, 5) is 47.0. The third-order valence-corrected chi connectivity index (χ3v) is 9.57. The molecule has 4 aliphatic rings. The number of methoxy groups -OCH3 is 1. The maximum absolute atomic E-state index is 13.1. The molecule has 0 unspecified atom stereocenters. The van der Waals surface area contributed by atoms with Crippen molar-refractivity contribution < 1.29 is 19.1 Å². The molecule has 8 heteroatoms. The number of ketones is 1. The first-order chi connectivity index (χ1) is 17.8. The van der Waals surface area contributed by atoms with Gasteiger partial charge in [0, 0.05) is 36.5 Å². The molecule has 6 rings (SSSR count). The number of rotatable bonds is 4. The largest absolute Gasteiger partial charge is 0.452 e. The van der Waals surface area contributed by atoms with E-state index in [1.54, 1.807) is 11.8 Å². The van der Waals surface area contributed by atoms with Gasteiger partial charge in [0.2, 0.25) is 5.91 Å². The van der Waals surface area contributed by atoms with Gasteiger partial charge in [-0.2, -0.15) is 0 Å². The summed E-state index contributed by atoms with van der Waals surface area (Å²) < 4.78 is 7.44. The van der Waals surface area contributed by atoms with Gasteiger partial charge in [0.25, 0.3) is 0 Å². The number of aryl methyl sites for hydroxylation is 1. The smallest absolute Gasteiger partial charge is 0.414 e. The Morgan fingerprint density at radius 2 is 1.97 bits per heavy atom. The van der Waals surface area contributed by atoms with Gasteiger partial charge in [-0.15, -0.1) is 0 Å². The lowest BCUT2D eigenvalue weighted by molar-refractivity contribution is -0.136. The zero-order valence-corrected chi connectivity index (χ0v) is 22.3. The fourth-order valence-corrected chi connectivity index (χ4v) is 7.07. The second-order valence-electron chi connectivity index (χ2n) is 11.9. The van der Waals surface area contributed by atoms with Gasteiger partial charge in [0.05, 0.1) is 30.4 Å². The zero-order chi connectivity index (χ0) is 25.9. The lowest BCUT2D eigenvalue weighted by Gasteiger charge is -2.34. The first-order valence-corrected chi connectivity index (χ1v) is 14.0. The Labute approximate surface area is 218 Å². The van der Waals surface area contributed by atoms with Gasteiger partial charge in [0.15, 0.2) is 0 Å². The molecule has 2 aliphatic heterocycles. The van der Waals surface area contributed by atoms with Gasteiger partial charge in [0.1, 0.15) is 11.6 Å². The Balaban J connectivity index is 1.43. The monoisotopic (exact) mass is 506 g/mol. The van der Waals surface area contributed by atoms with E-state index in [0.717, 1.165) is 79.6 Å². The van der Waals surface area contributed by atoms with Crippen molar-refractivity contribution in [3.8, 4) is 0 Å². The van der Waals surface area contributed by atoms with Crippen molar-refractivity contribution in [2.75, 3.05) is 18.6 Å². The first kappa shape index (κ1) is 24.4. The number of fused-ring (bicyclic) bond motifs is 3. The molecule has 3 heterocycles. The van der Waals surface area contributed by atoms with Crippen LogP contribution in [0.5, 0.6) is 0 Å². The van der Waals surface area contributed by atoms with Crippen molar-refractivity contribution in [2.45, 2.75) is 96.7 Å². The number of imidazole rings is 1. The highest BCUT2D eigenvalue weighted by Gasteiger charge is 2.48. The minimum Gasteiger partial charge on any atom is -0.452 e. The molecule has 1 aromatic heterocycles. The molecule has 3 atom stereocenters. The Kier molecular flexibility index (Phi) is 6.03. The molecule has 0 N–H and O–H groups in total. The molecular formula is C29H38N4O4. The average Bonchev–Trinajstić information content (AvgIpc) is 3.53. The molecule has 2 aromatic rings. The molecular weight excluding hydrogens is 468 g/mol. The maximum atomic E-state index is 13.1. The van der Waals surface area contributed by atoms with Crippen molar-refractivity contribution >= 4 is 34.5 Å². The third-order valence-electron chi connectivity index (χ3n) is 9.57. The Morgan fingerprint density at radius 1 is 1.16 bits per heavy atom. The summed E-state index contributed by atoms with van der Waals surface area (Å²) in [5.74, 6) is 1.47. The fourth-order valence-electron chi connectivity index (χ4n) is 7.07. The molecule has 1 spiro atoms. The standard InChI is InChI=1S/C29H38N4O4/c1-18-7-8-22-23(32(18)28(36)37-3)9-10-24-27(22)30-25(17-31-14-13-29(11-12-29)16-26(31)35)33(24)21-6-4-5-20(15-21)19(2)34/h9-10,18,20-21H,4-8,11-17H2,1-3H3/t18-,20+,21+/m0/s1. The highest BCUT2D eigenvalue weighted by atomic mass is 16.5. The number of carbonyl (C=O) groups is 3. The molecule has 3 fully saturated rings. The Morgan fingerprint density at radius 3 is 2.68 bits per heavy atom. The van der Waals surface area contributed by atoms with Crippen molar-refractivity contribution in [2.24, 2.45) is 11.3 Å². The van der Waals surface area contributed by atoms with Crippen LogP contribution in [-0.2, 0) is 27.3 Å². The topological polar surface area (TPSA) is 84.7 Å². The number of hydrogen-bond acceptors (Lipinski definition) is 5. The van der Waals surface area contributed by atoms with Crippen LogP contribution >= 0.6 is 0 Å². The summed E-state index contributed by atoms with van der Waals surface area (Å²) in [7, 11) is 1.42. The SMILES string of the molecule is COC(=O)N1c2ccc3c(nc(CN4CCC5(CC5)CC4=O)n3[C@@H]3CCC[C@@H](C(C)=O)C3)c2CC[C@@H]1C. The van der Waals surface area contributed by atoms with Crippen molar-refractivity contribution in [1.82, 2.24) is 14.5 Å². The molecule has 8 nitrogen and oxygen atoms in total. The van der Waals surface area contributed by atoms with Crippen molar-refractivity contribution in [1.29, 1.82) is 0 Å². The summed E-state index contributed by atoms with van der Waals surface area (Å²) in [6.07, 6.45) is 9.20. The predicted octanol–water partition coefficient (Wildman–Crippen LogP) is 5.17. The number of anilines is 1. The molecule has 1 aromatic carbocycles. The zero-order valence-electron chi connectivity index (χ0n) is 22.3. The van der Waals surface area contributed by atoms with E-state index in [-0.39, 0.29) is 41.2 Å². The van der Waals surface area contributed by atoms with Crippen LogP contribution in [0.1, 0.15) is 89.1 Å². The number of amides is 2. The van der Waals surface area contributed by atoms with Crippen molar-refractivity contribution in [3.63, 3.8) is 0 Å². The van der Waals surface area contributed by atoms with Crippen LogP contribution in [0.4, 0.5) is 10.5 Å². The number of hydrogen-bond donors (Lipinski definition) is 0. The van der Waals surface area contributed by atoms with Crippen LogP contribution in [0.15, 0.2) is 12.1 Å². The summed E-state index contributed by atoms with van der Waals surface area (Å²) in [5, 5.41) is 0. The minimum absolute atomic E-state index is 0.0503. The normalized spacial score (nSPS) is 26.9. The third kappa shape index (κ3) is 4.22. The molecule has 2 saturated carbocycles. The van der Waals surface area contributed by atoms with Gasteiger partial charge < -0.3 is 14.2 Å². The van der Waals surface area contributed by atoms with Crippen LogP contribution < -0.4 is 4.90 Å². The number of nitrogens with zero attached hydrogens (tertiary/aromatic N) is 4. The van der Waals surface area contributed by atoms with E-state index in [9.17, 15) is 14.4 Å². The molecule has 1 saturated heterocycles. The Hall–Kier alpha value is -2.90. The second-order valence-corrected chi connectivity index (χ2v) is 11.9. The van der Waals surface area contributed by atoms with Crippen LogP contribution in [-0.4, -0.2) is 51.9 Å². The maximum Gasteiger partial charge on any atom is 0.414 e. The number of carbonyl (C=O) groups excluding carboxylic acids is 3. The number of benzene rings is 1. The van der Waals surface area contributed by atoms with E-state index in [4.69, 9.17) is 9.72 Å². The Bertz CT molecular complexity index is 1260. The highest BCUT2D eigenvalue weighted by Crippen LogP contribution is 2.54. The van der Waals surface area contributed by atoms with E-state index < -0.39 is 0 Å². The van der Waals surface area contributed by atoms with Gasteiger partial charge in [-0.3, -0.25) is 14.5 Å². The summed E-state index contributed by atoms with van der Waals surface area (Å²) in [6, 6.07) is 4.33. The van der Waals surface area contributed by atoms with Crippen molar-refractivity contribution in [3.05, 3.63) is 23.5 Å². The first-order valence-electron chi connectivity index (χ1n) is 14.0. The molecule has 198 valence electrons. The highest BCUT2D eigenvalue weighted by molar-refractivity contribution is 5.95. The molecule has 37 heavy (non-hydrogen) atoms. The van der Waals surface area contributed by atoms with E-state index in [2.05, 4.69) is 10.6 Å². The molecule has 2 amide bonds. The predicted molar refractivity (Wildman–Crippen MR) is 140 cm³/mol. The quantitative estimate of drug-likeness (QED) is 0.571. The van der Waals surface area contributed by atoms with E-state index in [1.165, 1.54) is 20.0 Å². The van der Waals surface area contributed by atoms with Crippen LogP contribution in [0, 0.1) is 11.3 Å². The number of piperidine rings is 1. The molecule has 0 radical (unpaired) electrons. The van der Waals surface area contributed by atoms with Gasteiger partial charge in [-0.25, -0.2) is 9.78 Å². The summed E-state index contributed by atoms with van der Waals surface area (Å²) in [5.41, 5.74) is 4.18. The average molecular weight is 507 g/mol. The van der Waals surface area contributed by atoms with Gasteiger partial charge in [-0.1, -0.05) is 6.42 Å². The number of Topliss-reactive ketones (excluding diaryl/α,β-unsaturated/α-hetero) is 1. The second kappa shape index (κ2) is 9.14. The molecule has 0 bridgehead atoms. The molecule has 2 aliphatic carbocycles. The van der Waals surface area contributed by atoms with E-state index in [0.29, 0.717) is 13.0 Å². The van der Waals surface area contributed by atoms with E-state index in [1.807, 2.05) is 17.9 Å². The summed E-state index contributed by atoms with van der Waals surface area (Å²) in [6.45, 7) is 5.04. The summed E-state index contributed by atoms with van der Waals surface area (Å²) >= 11 is 0. The number of aromatic nitrogens is 2. The van der Waals surface area contributed by atoms with E-state index >= 15 is 0 Å². The number of ether oxygens (including phenoxy) is 1. The van der Waals surface area contributed by atoms with Gasteiger partial charge >= 0.3 is 6.09 Å². The van der Waals surface area contributed by atoms with Crippen LogP contribution in [0.2, 0.25) is 0 Å². The lowest BCUT2D eigenvalue weighted by atomic mass is 9.83.